The lowest BCUT2D eigenvalue weighted by Gasteiger charge is -2.43. The fourth-order valence-electron chi connectivity index (χ4n) is 6.21. The molecule has 5 rings (SSSR count). The maximum absolute atomic E-state index is 15.9. The van der Waals surface area contributed by atoms with Gasteiger partial charge in [-0.15, -0.1) is 0 Å². The Hall–Kier alpha value is -2.56. The number of likely N-dealkylation sites (tertiary alicyclic amines) is 1. The summed E-state index contributed by atoms with van der Waals surface area (Å²) < 4.78 is 72.7. The lowest BCUT2D eigenvalue weighted by Crippen LogP contribution is -2.49. The topological polar surface area (TPSA) is 57.2 Å². The molecule has 2 N–H and O–H groups in total. The number of ether oxygens (including phenoxy) is 2. The van der Waals surface area contributed by atoms with Crippen LogP contribution < -0.4 is 14.8 Å². The van der Waals surface area contributed by atoms with Crippen LogP contribution in [0.3, 0.4) is 0 Å². The van der Waals surface area contributed by atoms with Gasteiger partial charge < -0.3 is 24.8 Å². The summed E-state index contributed by atoms with van der Waals surface area (Å²) in [6, 6.07) is 4.36. The average molecular weight is 566 g/mol. The van der Waals surface area contributed by atoms with E-state index in [-0.39, 0.29) is 11.6 Å². The number of anilines is 1. The van der Waals surface area contributed by atoms with Gasteiger partial charge in [0, 0.05) is 50.3 Å². The molecule has 6 nitrogen and oxygen atoms in total. The molecule has 0 spiro atoms. The van der Waals surface area contributed by atoms with E-state index >= 15 is 8.78 Å². The van der Waals surface area contributed by atoms with E-state index in [0.717, 1.165) is 44.5 Å². The molecule has 0 unspecified atom stereocenters. The summed E-state index contributed by atoms with van der Waals surface area (Å²) in [5, 5.41) is 12.6. The maximum atomic E-state index is 15.9. The van der Waals surface area contributed by atoms with Crippen LogP contribution in [0.15, 0.2) is 24.3 Å². The van der Waals surface area contributed by atoms with E-state index in [0.29, 0.717) is 29.2 Å². The molecule has 2 aromatic rings. The van der Waals surface area contributed by atoms with Gasteiger partial charge in [0.05, 0.1) is 12.6 Å². The summed E-state index contributed by atoms with van der Waals surface area (Å²) in [6.45, 7) is 7.89. The van der Waals surface area contributed by atoms with E-state index in [4.69, 9.17) is 9.47 Å². The summed E-state index contributed by atoms with van der Waals surface area (Å²) in [5.41, 5.74) is 1.25. The van der Waals surface area contributed by atoms with Crippen LogP contribution >= 0.6 is 0 Å². The normalized spacial score (nSPS) is 24.4. The smallest absolute Gasteiger partial charge is 0.283 e. The van der Waals surface area contributed by atoms with Crippen molar-refractivity contribution in [2.45, 2.75) is 83.2 Å². The van der Waals surface area contributed by atoms with Gasteiger partial charge in [0.15, 0.2) is 11.5 Å². The Kier molecular flexibility index (Phi) is 7.98. The monoisotopic (exact) mass is 565 g/mol. The van der Waals surface area contributed by atoms with Crippen LogP contribution in [-0.2, 0) is 6.42 Å². The van der Waals surface area contributed by atoms with Crippen molar-refractivity contribution in [3.63, 3.8) is 0 Å². The van der Waals surface area contributed by atoms with Crippen LogP contribution in [0.4, 0.5) is 23.2 Å². The number of alkyl halides is 2. The number of rotatable bonds is 9. The number of hydrogen-bond donors (Lipinski definition) is 2. The number of aliphatic hydroxyl groups excluding tert-OH is 1. The molecule has 1 fully saturated rings. The molecule has 0 saturated carbocycles. The van der Waals surface area contributed by atoms with Crippen LogP contribution in [0.1, 0.15) is 69.7 Å². The number of fused-ring (bicyclic) bond motifs is 2. The third-order valence-corrected chi connectivity index (χ3v) is 8.09. The van der Waals surface area contributed by atoms with Gasteiger partial charge in [-0.25, -0.2) is 17.6 Å². The number of aliphatic hydroxyl groups is 1. The third kappa shape index (κ3) is 5.90. The molecule has 3 aliphatic rings. The van der Waals surface area contributed by atoms with Crippen LogP contribution in [0.5, 0.6) is 11.5 Å². The van der Waals surface area contributed by atoms with Gasteiger partial charge >= 0.3 is 0 Å². The summed E-state index contributed by atoms with van der Waals surface area (Å²) in [7, 11) is 0. The number of benzene rings is 2. The highest BCUT2D eigenvalue weighted by molar-refractivity contribution is 5.55. The SMILES string of the molecule is CCCCN1CC[C@H](Nc2cc(F)c([C@@H]3c4cc5c(cc4C[C@@H](C)N3CC(F)(F)CO)OC(C)(C)O5)c(F)c2)C1. The molecular formula is C30H39F4N3O3. The predicted molar refractivity (Wildman–Crippen MR) is 145 cm³/mol. The van der Waals surface area contributed by atoms with Gasteiger partial charge in [0.2, 0.25) is 5.79 Å². The zero-order chi connectivity index (χ0) is 28.8. The molecule has 220 valence electrons. The summed E-state index contributed by atoms with van der Waals surface area (Å²) in [5.74, 6) is -5.11. The minimum Gasteiger partial charge on any atom is -0.449 e. The quantitative estimate of drug-likeness (QED) is 0.380. The Morgan fingerprint density at radius 2 is 1.77 bits per heavy atom. The van der Waals surface area contributed by atoms with Crippen LogP contribution in [0.2, 0.25) is 0 Å². The fourth-order valence-corrected chi connectivity index (χ4v) is 6.21. The van der Waals surface area contributed by atoms with Crippen molar-refractivity contribution in [2.75, 3.05) is 38.1 Å². The minimum atomic E-state index is -3.46. The van der Waals surface area contributed by atoms with Crippen molar-refractivity contribution in [1.29, 1.82) is 0 Å². The standard InChI is InChI=1S/C30H39F4N3O3/c1-5-6-8-36-9-7-20(15-36)35-21-12-23(31)27(24(32)13-21)28-22-14-26-25(39-29(3,4)40-26)11-19(22)10-18(2)37(28)16-30(33,34)17-38/h11-14,18,20,28,35,38H,5-10,15-17H2,1-4H3/t18-,20+,28+/m1/s1. The number of nitrogens with one attached hydrogen (secondary N) is 1. The summed E-state index contributed by atoms with van der Waals surface area (Å²) in [6.07, 6.45) is 3.45. The number of nitrogens with zero attached hydrogens (tertiary/aromatic N) is 2. The van der Waals surface area contributed by atoms with Crippen molar-refractivity contribution in [1.82, 2.24) is 9.80 Å². The van der Waals surface area contributed by atoms with Crippen molar-refractivity contribution >= 4 is 5.69 Å². The largest absolute Gasteiger partial charge is 0.449 e. The molecule has 3 aliphatic heterocycles. The highest BCUT2D eigenvalue weighted by Gasteiger charge is 2.44. The van der Waals surface area contributed by atoms with Gasteiger partial charge in [-0.05, 0) is 68.1 Å². The van der Waals surface area contributed by atoms with E-state index < -0.39 is 48.6 Å². The first-order chi connectivity index (χ1) is 18.9. The first-order valence-electron chi connectivity index (χ1n) is 14.2. The molecule has 0 amide bonds. The van der Waals surface area contributed by atoms with Gasteiger partial charge in [-0.1, -0.05) is 13.3 Å². The Bertz CT molecular complexity index is 1220. The number of halogens is 4. The average Bonchev–Trinajstić information content (AvgIpc) is 3.44. The molecule has 10 heteroatoms. The Morgan fingerprint density at radius 1 is 1.10 bits per heavy atom. The van der Waals surface area contributed by atoms with Gasteiger partial charge in [-0.2, -0.15) is 0 Å². The first-order valence-corrected chi connectivity index (χ1v) is 14.2. The molecule has 40 heavy (non-hydrogen) atoms. The zero-order valence-electron chi connectivity index (χ0n) is 23.6. The van der Waals surface area contributed by atoms with Crippen LogP contribution in [0.25, 0.3) is 0 Å². The molecule has 0 radical (unpaired) electrons. The van der Waals surface area contributed by atoms with E-state index in [1.807, 2.05) is 0 Å². The van der Waals surface area contributed by atoms with Gasteiger partial charge in [0.1, 0.15) is 18.2 Å². The Balaban J connectivity index is 1.51. The zero-order valence-corrected chi connectivity index (χ0v) is 23.6. The molecule has 0 aromatic heterocycles. The third-order valence-electron chi connectivity index (χ3n) is 8.09. The molecule has 1 saturated heterocycles. The highest BCUT2D eigenvalue weighted by atomic mass is 19.3. The van der Waals surface area contributed by atoms with Crippen molar-refractivity contribution in [2.24, 2.45) is 0 Å². The van der Waals surface area contributed by atoms with E-state index in [2.05, 4.69) is 17.1 Å². The Morgan fingerprint density at radius 3 is 2.42 bits per heavy atom. The van der Waals surface area contributed by atoms with Crippen molar-refractivity contribution in [3.8, 4) is 11.5 Å². The molecule has 0 bridgehead atoms. The summed E-state index contributed by atoms with van der Waals surface area (Å²) in [4.78, 5) is 3.72. The molecular weight excluding hydrogens is 526 g/mol. The summed E-state index contributed by atoms with van der Waals surface area (Å²) >= 11 is 0. The van der Waals surface area contributed by atoms with E-state index in [1.54, 1.807) is 32.9 Å². The lowest BCUT2D eigenvalue weighted by atomic mass is 9.84. The highest BCUT2D eigenvalue weighted by Crippen LogP contribution is 2.48. The molecule has 3 atom stereocenters. The van der Waals surface area contributed by atoms with Gasteiger partial charge in [-0.3, -0.25) is 4.90 Å². The second kappa shape index (κ2) is 11.0. The molecule has 0 aliphatic carbocycles. The second-order valence-electron chi connectivity index (χ2n) is 11.9. The molecule has 3 heterocycles. The van der Waals surface area contributed by atoms with Crippen LogP contribution in [-0.4, -0.2) is 71.5 Å². The van der Waals surface area contributed by atoms with Crippen LogP contribution in [0, 0.1) is 11.6 Å². The predicted octanol–water partition coefficient (Wildman–Crippen LogP) is 5.72. The van der Waals surface area contributed by atoms with Crippen molar-refractivity contribution < 1.29 is 32.1 Å². The maximum Gasteiger partial charge on any atom is 0.283 e. The number of hydrogen-bond acceptors (Lipinski definition) is 6. The van der Waals surface area contributed by atoms with Crippen molar-refractivity contribution in [3.05, 3.63) is 52.6 Å². The van der Waals surface area contributed by atoms with Gasteiger partial charge in [0.25, 0.3) is 5.92 Å². The fraction of sp³-hybridized carbons (Fsp3) is 0.600. The van der Waals surface area contributed by atoms with E-state index in [1.165, 1.54) is 17.0 Å². The number of unbranched alkanes of at least 4 members (excludes halogenated alkanes) is 1. The first kappa shape index (κ1) is 29.0. The Labute approximate surface area is 233 Å². The lowest BCUT2D eigenvalue weighted by molar-refractivity contribution is -0.0867. The molecule has 2 aromatic carbocycles. The van der Waals surface area contributed by atoms with E-state index in [9.17, 15) is 13.9 Å². The second-order valence-corrected chi connectivity index (χ2v) is 11.9. The minimum absolute atomic E-state index is 0.0692.